The van der Waals surface area contributed by atoms with E-state index in [0.29, 0.717) is 6.42 Å². The van der Waals surface area contributed by atoms with Crippen molar-refractivity contribution in [3.8, 4) is 0 Å². The van der Waals surface area contributed by atoms with Gasteiger partial charge < -0.3 is 10.6 Å². The molecule has 0 aromatic heterocycles. The minimum Gasteiger partial charge on any atom is -0.369 e. The van der Waals surface area contributed by atoms with Crippen molar-refractivity contribution >= 4 is 23.4 Å². The Morgan fingerprint density at radius 3 is 2.48 bits per heavy atom. The minimum absolute atomic E-state index is 0.113. The molecule has 1 atom stereocenters. The van der Waals surface area contributed by atoms with Crippen molar-refractivity contribution in [3.63, 3.8) is 0 Å². The Bertz CT molecular complexity index is 589. The van der Waals surface area contributed by atoms with E-state index in [1.807, 2.05) is 0 Å². The molecule has 0 spiro atoms. The topological polar surface area (TPSA) is 63.4 Å². The van der Waals surface area contributed by atoms with E-state index in [4.69, 9.17) is 17.3 Å². The molecule has 1 aliphatic rings. The zero-order valence-corrected chi connectivity index (χ0v) is 11.5. The molecule has 2 N–H and O–H groups in total. The Hall–Kier alpha value is -1.76. The number of likely N-dealkylation sites (tertiary alicyclic amines) is 1. The van der Waals surface area contributed by atoms with E-state index in [0.717, 1.165) is 12.1 Å². The van der Waals surface area contributed by atoms with Gasteiger partial charge in [-0.25, -0.2) is 0 Å². The van der Waals surface area contributed by atoms with E-state index in [1.165, 1.54) is 11.0 Å². The van der Waals surface area contributed by atoms with Gasteiger partial charge in [-0.3, -0.25) is 9.59 Å². The summed E-state index contributed by atoms with van der Waals surface area (Å²) in [5, 5.41) is -0.168. The Labute approximate surface area is 123 Å². The number of primary amides is 1. The number of carbonyl (C=O) groups is 2. The van der Waals surface area contributed by atoms with Crippen LogP contribution >= 0.6 is 11.6 Å². The van der Waals surface area contributed by atoms with Crippen LogP contribution in [-0.4, -0.2) is 29.8 Å². The van der Waals surface area contributed by atoms with Gasteiger partial charge >= 0.3 is 6.18 Å². The normalized spacial score (nSPS) is 18.9. The SMILES string of the molecule is NC(=O)[C@@H]1CCN(C(=O)c2cc(Cl)cc(C(F)(F)F)c2)C1. The van der Waals surface area contributed by atoms with E-state index in [-0.39, 0.29) is 23.7 Å². The highest BCUT2D eigenvalue weighted by Gasteiger charge is 2.34. The maximum atomic E-state index is 12.7. The number of halogens is 4. The highest BCUT2D eigenvalue weighted by Crippen LogP contribution is 2.32. The van der Waals surface area contributed by atoms with Gasteiger partial charge in [-0.05, 0) is 24.6 Å². The molecule has 1 aliphatic heterocycles. The summed E-state index contributed by atoms with van der Waals surface area (Å²) < 4.78 is 38.1. The number of benzene rings is 1. The van der Waals surface area contributed by atoms with Crippen molar-refractivity contribution in [1.29, 1.82) is 0 Å². The van der Waals surface area contributed by atoms with Crippen LogP contribution < -0.4 is 5.73 Å². The molecule has 4 nitrogen and oxygen atoms in total. The molecular formula is C13H12ClF3N2O2. The molecule has 0 radical (unpaired) electrons. The molecule has 2 amide bonds. The zero-order valence-electron chi connectivity index (χ0n) is 10.8. The second kappa shape index (κ2) is 5.55. The highest BCUT2D eigenvalue weighted by molar-refractivity contribution is 6.31. The van der Waals surface area contributed by atoms with E-state index < -0.39 is 29.5 Å². The first-order valence-electron chi connectivity index (χ1n) is 6.15. The van der Waals surface area contributed by atoms with Gasteiger partial charge in [0.2, 0.25) is 5.91 Å². The molecule has 114 valence electrons. The summed E-state index contributed by atoms with van der Waals surface area (Å²) in [5.41, 5.74) is 4.02. The lowest BCUT2D eigenvalue weighted by Gasteiger charge is -2.17. The van der Waals surface area contributed by atoms with Crippen LogP contribution in [0.5, 0.6) is 0 Å². The quantitative estimate of drug-likeness (QED) is 0.909. The fourth-order valence-electron chi connectivity index (χ4n) is 2.24. The van der Waals surface area contributed by atoms with Crippen LogP contribution in [0.1, 0.15) is 22.3 Å². The first-order valence-corrected chi connectivity index (χ1v) is 6.52. The standard InChI is InChI=1S/C13H12ClF3N2O2/c14-10-4-8(3-9(5-10)13(15,16)17)12(21)19-2-1-7(6-19)11(18)20/h3-5,7H,1-2,6H2,(H2,18,20)/t7-/m1/s1. The fraction of sp³-hybridized carbons (Fsp3) is 0.385. The number of nitrogens with zero attached hydrogens (tertiary/aromatic N) is 1. The van der Waals surface area contributed by atoms with Crippen molar-refractivity contribution in [2.45, 2.75) is 12.6 Å². The van der Waals surface area contributed by atoms with Crippen molar-refractivity contribution in [1.82, 2.24) is 4.90 Å². The lowest BCUT2D eigenvalue weighted by atomic mass is 10.1. The first kappa shape index (κ1) is 15.6. The van der Waals surface area contributed by atoms with Crippen LogP contribution in [0.4, 0.5) is 13.2 Å². The summed E-state index contributed by atoms with van der Waals surface area (Å²) in [6.45, 7) is 0.391. The smallest absolute Gasteiger partial charge is 0.369 e. The molecule has 1 aromatic carbocycles. The largest absolute Gasteiger partial charge is 0.416 e. The Balaban J connectivity index is 2.24. The van der Waals surface area contributed by atoms with Crippen molar-refractivity contribution in [2.24, 2.45) is 11.7 Å². The Morgan fingerprint density at radius 1 is 1.29 bits per heavy atom. The minimum atomic E-state index is -4.58. The van der Waals surface area contributed by atoms with Crippen LogP contribution in [0.25, 0.3) is 0 Å². The Kier molecular flexibility index (Phi) is 4.13. The number of hydrogen-bond acceptors (Lipinski definition) is 2. The maximum absolute atomic E-state index is 12.7. The summed E-state index contributed by atoms with van der Waals surface area (Å²) in [5.74, 6) is -1.57. The number of hydrogen-bond donors (Lipinski definition) is 1. The molecule has 21 heavy (non-hydrogen) atoms. The van der Waals surface area contributed by atoms with Gasteiger partial charge in [0, 0.05) is 23.7 Å². The lowest BCUT2D eigenvalue weighted by Crippen LogP contribution is -2.31. The molecule has 1 heterocycles. The molecular weight excluding hydrogens is 309 g/mol. The van der Waals surface area contributed by atoms with Gasteiger partial charge in [0.1, 0.15) is 0 Å². The predicted molar refractivity (Wildman–Crippen MR) is 69.7 cm³/mol. The molecule has 0 unspecified atom stereocenters. The number of alkyl halides is 3. The molecule has 1 saturated heterocycles. The molecule has 0 bridgehead atoms. The van der Waals surface area contributed by atoms with Gasteiger partial charge in [0.15, 0.2) is 0 Å². The number of nitrogens with two attached hydrogens (primary N) is 1. The second-order valence-corrected chi connectivity index (χ2v) is 5.30. The zero-order chi connectivity index (χ0) is 15.8. The molecule has 1 aromatic rings. The van der Waals surface area contributed by atoms with Gasteiger partial charge in [0.25, 0.3) is 5.91 Å². The summed E-state index contributed by atoms with van der Waals surface area (Å²) in [6.07, 6.45) is -4.17. The number of carbonyl (C=O) groups excluding carboxylic acids is 2. The molecule has 1 fully saturated rings. The summed E-state index contributed by atoms with van der Waals surface area (Å²) in [4.78, 5) is 24.6. The average Bonchev–Trinajstić information content (AvgIpc) is 2.85. The highest BCUT2D eigenvalue weighted by atomic mass is 35.5. The molecule has 0 aliphatic carbocycles. The summed E-state index contributed by atoms with van der Waals surface area (Å²) in [7, 11) is 0. The number of amides is 2. The maximum Gasteiger partial charge on any atom is 0.416 e. The van der Waals surface area contributed by atoms with Crippen molar-refractivity contribution < 1.29 is 22.8 Å². The van der Waals surface area contributed by atoms with Gasteiger partial charge in [-0.1, -0.05) is 11.6 Å². The van der Waals surface area contributed by atoms with Gasteiger partial charge in [-0.15, -0.1) is 0 Å². The third-order valence-electron chi connectivity index (χ3n) is 3.35. The van der Waals surface area contributed by atoms with Gasteiger partial charge in [0.05, 0.1) is 11.5 Å². The van der Waals surface area contributed by atoms with Gasteiger partial charge in [-0.2, -0.15) is 13.2 Å². The van der Waals surface area contributed by atoms with Crippen LogP contribution in [0.3, 0.4) is 0 Å². The van der Waals surface area contributed by atoms with E-state index in [1.54, 1.807) is 0 Å². The average molecular weight is 321 g/mol. The fourth-order valence-corrected chi connectivity index (χ4v) is 2.47. The molecule has 2 rings (SSSR count). The first-order chi connectivity index (χ1) is 9.68. The predicted octanol–water partition coefficient (Wildman–Crippen LogP) is 2.31. The van der Waals surface area contributed by atoms with E-state index in [9.17, 15) is 22.8 Å². The second-order valence-electron chi connectivity index (χ2n) is 4.87. The molecule has 0 saturated carbocycles. The number of rotatable bonds is 2. The van der Waals surface area contributed by atoms with Crippen LogP contribution in [0.2, 0.25) is 5.02 Å². The summed E-state index contributed by atoms with van der Waals surface area (Å²) >= 11 is 5.64. The van der Waals surface area contributed by atoms with E-state index >= 15 is 0 Å². The summed E-state index contributed by atoms with van der Waals surface area (Å²) in [6, 6.07) is 2.69. The van der Waals surface area contributed by atoms with Crippen LogP contribution in [0.15, 0.2) is 18.2 Å². The Morgan fingerprint density at radius 2 is 1.95 bits per heavy atom. The monoisotopic (exact) mass is 320 g/mol. The third kappa shape index (κ3) is 3.47. The van der Waals surface area contributed by atoms with Crippen LogP contribution in [-0.2, 0) is 11.0 Å². The van der Waals surface area contributed by atoms with Crippen molar-refractivity contribution in [2.75, 3.05) is 13.1 Å². The van der Waals surface area contributed by atoms with Crippen LogP contribution in [0, 0.1) is 5.92 Å². The van der Waals surface area contributed by atoms with E-state index in [2.05, 4.69) is 0 Å². The van der Waals surface area contributed by atoms with Crippen molar-refractivity contribution in [3.05, 3.63) is 34.3 Å². The third-order valence-corrected chi connectivity index (χ3v) is 3.57. The molecule has 8 heteroatoms. The lowest BCUT2D eigenvalue weighted by molar-refractivity contribution is -0.137.